The Balaban J connectivity index is 1.82. The van der Waals surface area contributed by atoms with Gasteiger partial charge in [-0.05, 0) is 31.2 Å². The van der Waals surface area contributed by atoms with Gasteiger partial charge in [-0.15, -0.1) is 11.3 Å². The highest BCUT2D eigenvalue weighted by molar-refractivity contribution is 7.99. The quantitative estimate of drug-likeness (QED) is 0.611. The third-order valence-corrected chi connectivity index (χ3v) is 5.28. The lowest BCUT2D eigenvalue weighted by Gasteiger charge is -2.09. The molecule has 1 aromatic heterocycles. The van der Waals surface area contributed by atoms with E-state index in [1.807, 2.05) is 48.7 Å². The van der Waals surface area contributed by atoms with Crippen molar-refractivity contribution in [2.45, 2.75) is 16.7 Å². The zero-order valence-corrected chi connectivity index (χ0v) is 14.7. The predicted molar refractivity (Wildman–Crippen MR) is 101 cm³/mol. The smallest absolute Gasteiger partial charge is 0.135 e. The number of anilines is 1. The molecule has 1 N–H and O–H groups in total. The van der Waals surface area contributed by atoms with Gasteiger partial charge in [0.25, 0.3) is 0 Å². The maximum absolute atomic E-state index is 9.37. The molecule has 0 bridgehead atoms. The summed E-state index contributed by atoms with van der Waals surface area (Å²) in [6, 6.07) is 20.5. The first-order valence-corrected chi connectivity index (χ1v) is 9.07. The fraction of sp³-hybridized carbons (Fsp3) is 0.0526. The van der Waals surface area contributed by atoms with Crippen LogP contribution in [0, 0.1) is 18.3 Å². The number of para-hydroxylation sites is 1. The number of aromatic nitrogens is 1. The topological polar surface area (TPSA) is 48.7 Å². The lowest BCUT2D eigenvalue weighted by atomic mass is 10.3. The molecule has 0 saturated carbocycles. The Morgan fingerprint density at radius 2 is 1.92 bits per heavy atom. The fourth-order valence-electron chi connectivity index (χ4n) is 2.06. The van der Waals surface area contributed by atoms with Crippen LogP contribution in [0.2, 0.25) is 0 Å². The molecule has 0 amide bonds. The molecule has 118 valence electrons. The molecule has 0 aliphatic carbocycles. The van der Waals surface area contributed by atoms with Gasteiger partial charge >= 0.3 is 0 Å². The second-order valence-electron chi connectivity index (χ2n) is 5.02. The van der Waals surface area contributed by atoms with Crippen LogP contribution in [-0.2, 0) is 0 Å². The molecule has 1 heterocycles. The van der Waals surface area contributed by atoms with E-state index in [0.717, 1.165) is 21.3 Å². The summed E-state index contributed by atoms with van der Waals surface area (Å²) in [5.74, 6) is 0. The van der Waals surface area contributed by atoms with Gasteiger partial charge in [0, 0.05) is 27.1 Å². The maximum atomic E-state index is 9.37. The first-order valence-electron chi connectivity index (χ1n) is 7.37. The van der Waals surface area contributed by atoms with Crippen molar-refractivity contribution in [2.24, 2.45) is 0 Å². The number of allylic oxidation sites excluding steroid dienone is 1. The SMILES string of the molecule is Cc1csc(/C(C#N)=C/Nc2ccccc2Sc2ccccc2)n1. The van der Waals surface area contributed by atoms with Crippen LogP contribution in [0.4, 0.5) is 5.69 Å². The number of nitrogens with zero attached hydrogens (tertiary/aromatic N) is 2. The van der Waals surface area contributed by atoms with Crippen molar-refractivity contribution in [3.8, 4) is 6.07 Å². The van der Waals surface area contributed by atoms with Crippen molar-refractivity contribution in [3.05, 3.63) is 76.9 Å². The number of hydrogen-bond donors (Lipinski definition) is 1. The van der Waals surface area contributed by atoms with Crippen LogP contribution in [0.5, 0.6) is 0 Å². The van der Waals surface area contributed by atoms with Gasteiger partial charge in [0.1, 0.15) is 16.6 Å². The third-order valence-electron chi connectivity index (χ3n) is 3.20. The predicted octanol–water partition coefficient (Wildman–Crippen LogP) is 5.58. The van der Waals surface area contributed by atoms with Crippen molar-refractivity contribution in [1.82, 2.24) is 4.98 Å². The molecular weight excluding hydrogens is 334 g/mol. The highest BCUT2D eigenvalue weighted by Crippen LogP contribution is 2.33. The largest absolute Gasteiger partial charge is 0.359 e. The van der Waals surface area contributed by atoms with Crippen molar-refractivity contribution < 1.29 is 0 Å². The summed E-state index contributed by atoms with van der Waals surface area (Å²) in [7, 11) is 0. The van der Waals surface area contributed by atoms with Crippen molar-refractivity contribution >= 4 is 34.4 Å². The van der Waals surface area contributed by atoms with Gasteiger partial charge in [0.15, 0.2) is 0 Å². The molecule has 0 unspecified atom stereocenters. The van der Waals surface area contributed by atoms with Crippen LogP contribution < -0.4 is 5.32 Å². The molecule has 0 atom stereocenters. The zero-order chi connectivity index (χ0) is 16.8. The van der Waals surface area contributed by atoms with Crippen molar-refractivity contribution in [2.75, 3.05) is 5.32 Å². The number of thiazole rings is 1. The van der Waals surface area contributed by atoms with E-state index < -0.39 is 0 Å². The summed E-state index contributed by atoms with van der Waals surface area (Å²) in [5.41, 5.74) is 2.43. The molecule has 0 spiro atoms. The first kappa shape index (κ1) is 16.3. The molecule has 3 nitrogen and oxygen atoms in total. The van der Waals surface area contributed by atoms with Gasteiger partial charge in [0.05, 0.1) is 5.69 Å². The average molecular weight is 349 g/mol. The average Bonchev–Trinajstić information content (AvgIpc) is 3.04. The highest BCUT2D eigenvalue weighted by atomic mass is 32.2. The monoisotopic (exact) mass is 349 g/mol. The van der Waals surface area contributed by atoms with E-state index in [1.54, 1.807) is 18.0 Å². The summed E-state index contributed by atoms with van der Waals surface area (Å²) in [4.78, 5) is 6.64. The molecule has 0 saturated heterocycles. The Labute approximate surface area is 149 Å². The molecule has 3 rings (SSSR count). The summed E-state index contributed by atoms with van der Waals surface area (Å²) < 4.78 is 0. The van der Waals surface area contributed by atoms with Crippen LogP contribution in [0.3, 0.4) is 0 Å². The molecule has 0 radical (unpaired) electrons. The standard InChI is InChI=1S/C19H15N3S2/c1-14-13-23-19(22-14)15(11-20)12-21-17-9-5-6-10-18(17)24-16-7-3-2-4-8-16/h2-10,12-13,21H,1H3/b15-12+. The Bertz CT molecular complexity index is 892. The second-order valence-corrected chi connectivity index (χ2v) is 6.99. The van der Waals surface area contributed by atoms with E-state index in [4.69, 9.17) is 0 Å². The Kier molecular flexibility index (Phi) is 5.32. The molecule has 0 aliphatic heterocycles. The highest BCUT2D eigenvalue weighted by Gasteiger charge is 2.07. The molecular formula is C19H15N3S2. The number of aryl methyl sites for hydroxylation is 1. The summed E-state index contributed by atoms with van der Waals surface area (Å²) in [6.07, 6.45) is 1.72. The van der Waals surface area contributed by atoms with Crippen molar-refractivity contribution in [3.63, 3.8) is 0 Å². The van der Waals surface area contributed by atoms with E-state index in [1.165, 1.54) is 16.2 Å². The summed E-state index contributed by atoms with van der Waals surface area (Å²) in [6.45, 7) is 1.92. The number of rotatable bonds is 5. The van der Waals surface area contributed by atoms with Crippen LogP contribution in [0.25, 0.3) is 5.57 Å². The summed E-state index contributed by atoms with van der Waals surface area (Å²) in [5, 5.41) is 15.3. The molecule has 24 heavy (non-hydrogen) atoms. The van der Waals surface area contributed by atoms with Crippen LogP contribution in [0.15, 0.2) is 76.0 Å². The minimum Gasteiger partial charge on any atom is -0.359 e. The van der Waals surface area contributed by atoms with Gasteiger partial charge in [-0.3, -0.25) is 0 Å². The molecule has 0 fully saturated rings. The van der Waals surface area contributed by atoms with E-state index in [2.05, 4.69) is 34.6 Å². The minimum absolute atomic E-state index is 0.535. The Morgan fingerprint density at radius 1 is 1.17 bits per heavy atom. The van der Waals surface area contributed by atoms with Gasteiger partial charge in [-0.25, -0.2) is 4.98 Å². The zero-order valence-electron chi connectivity index (χ0n) is 13.1. The third kappa shape index (κ3) is 4.05. The number of nitrogens with one attached hydrogen (secondary N) is 1. The molecule has 5 heteroatoms. The van der Waals surface area contributed by atoms with E-state index in [0.29, 0.717) is 5.57 Å². The maximum Gasteiger partial charge on any atom is 0.135 e. The lowest BCUT2D eigenvalue weighted by Crippen LogP contribution is -1.93. The van der Waals surface area contributed by atoms with Gasteiger partial charge in [-0.1, -0.05) is 42.1 Å². The van der Waals surface area contributed by atoms with Gasteiger partial charge < -0.3 is 5.32 Å². The van der Waals surface area contributed by atoms with Gasteiger partial charge in [-0.2, -0.15) is 5.26 Å². The van der Waals surface area contributed by atoms with E-state index in [9.17, 15) is 5.26 Å². The molecule has 0 aliphatic rings. The van der Waals surface area contributed by atoms with E-state index in [-0.39, 0.29) is 0 Å². The Hall–Kier alpha value is -2.55. The second kappa shape index (κ2) is 7.82. The number of hydrogen-bond acceptors (Lipinski definition) is 5. The van der Waals surface area contributed by atoms with Crippen LogP contribution in [0.1, 0.15) is 10.7 Å². The first-order chi connectivity index (χ1) is 11.8. The molecule has 2 aromatic carbocycles. The Morgan fingerprint density at radius 3 is 2.62 bits per heavy atom. The number of benzene rings is 2. The van der Waals surface area contributed by atoms with Crippen LogP contribution in [-0.4, -0.2) is 4.98 Å². The molecule has 3 aromatic rings. The van der Waals surface area contributed by atoms with Gasteiger partial charge in [0.2, 0.25) is 0 Å². The number of nitriles is 1. The van der Waals surface area contributed by atoms with Crippen LogP contribution >= 0.6 is 23.1 Å². The normalized spacial score (nSPS) is 11.1. The van der Waals surface area contributed by atoms with Crippen molar-refractivity contribution in [1.29, 1.82) is 5.26 Å². The lowest BCUT2D eigenvalue weighted by molar-refractivity contribution is 1.24. The van der Waals surface area contributed by atoms with E-state index >= 15 is 0 Å². The summed E-state index contributed by atoms with van der Waals surface area (Å²) >= 11 is 3.16. The fourth-order valence-corrected chi connectivity index (χ4v) is 3.75. The minimum atomic E-state index is 0.535.